The monoisotopic (exact) mass is 186 g/mol. The zero-order valence-corrected chi connectivity index (χ0v) is 6.55. The van der Waals surface area contributed by atoms with Gasteiger partial charge in [-0.3, -0.25) is 0 Å². The molecule has 0 atom stereocenters. The molecule has 0 aromatic rings. The van der Waals surface area contributed by atoms with Gasteiger partial charge in [0, 0.05) is 0 Å². The molecule has 0 saturated carbocycles. The number of rotatable bonds is 0. The first kappa shape index (κ1) is 8.92. The predicted molar refractivity (Wildman–Crippen MR) is 20.6 cm³/mol. The summed E-state index contributed by atoms with van der Waals surface area (Å²) in [5.74, 6) is 0. The molecule has 0 aromatic carbocycles. The molecule has 0 fully saturated rings. The number of hydrogen-bond donors (Lipinski definition) is 2. The van der Waals surface area contributed by atoms with E-state index < -0.39 is 6.16 Å². The second-order valence-electron chi connectivity index (χ2n) is 0.283. The molecule has 0 heterocycles. The van der Waals surface area contributed by atoms with Gasteiger partial charge in [-0.05, 0) is 0 Å². The molecule has 0 rings (SSSR count). The zero-order chi connectivity index (χ0) is 3.58. The van der Waals surface area contributed by atoms with Gasteiger partial charge in [-0.25, -0.2) is 4.79 Å². The summed E-state index contributed by atoms with van der Waals surface area (Å²) in [6.45, 7) is 0. The van der Waals surface area contributed by atoms with Crippen molar-refractivity contribution in [3.8, 4) is 0 Å². The fourth-order valence-electron chi connectivity index (χ4n) is 0. The first-order valence-electron chi connectivity index (χ1n) is 0.651. The van der Waals surface area contributed by atoms with Crippen molar-refractivity contribution < 1.29 is 15.0 Å². The molecule has 4 heteroatoms. The van der Waals surface area contributed by atoms with E-state index in [0.29, 0.717) is 0 Å². The van der Waals surface area contributed by atoms with E-state index in [1.54, 1.807) is 0 Å². The summed E-state index contributed by atoms with van der Waals surface area (Å²) < 4.78 is 0. The molecule has 0 aliphatic rings. The standard InChI is InChI=1S/CH2O3.Sb.3H/c2-1(3)4;;;;/h(H2,2,3,4);;;;. The molecule has 0 aliphatic heterocycles. The van der Waals surface area contributed by atoms with Crippen LogP contribution in [0, 0.1) is 0 Å². The molecule has 0 bridgehead atoms. The number of hydrogen-bond acceptors (Lipinski definition) is 1. The minimum absolute atomic E-state index is 0. The van der Waals surface area contributed by atoms with Crippen LogP contribution >= 0.6 is 0 Å². The van der Waals surface area contributed by atoms with E-state index in [2.05, 4.69) is 0 Å². The van der Waals surface area contributed by atoms with Gasteiger partial charge < -0.3 is 10.2 Å². The Morgan fingerprint density at radius 3 is 1.40 bits per heavy atom. The van der Waals surface area contributed by atoms with E-state index in [9.17, 15) is 0 Å². The van der Waals surface area contributed by atoms with Gasteiger partial charge in [0.2, 0.25) is 0 Å². The van der Waals surface area contributed by atoms with Crippen LogP contribution in [-0.4, -0.2) is 40.8 Å². The van der Waals surface area contributed by atoms with Gasteiger partial charge in [0.1, 0.15) is 0 Å². The summed E-state index contributed by atoms with van der Waals surface area (Å²) in [4.78, 5) is 8.56. The van der Waals surface area contributed by atoms with Crippen molar-refractivity contribution in [2.45, 2.75) is 0 Å². The fraction of sp³-hybridized carbons (Fsp3) is 0. The van der Waals surface area contributed by atoms with Crippen molar-refractivity contribution in [3.05, 3.63) is 0 Å². The summed E-state index contributed by atoms with van der Waals surface area (Å²) in [5.41, 5.74) is 0. The van der Waals surface area contributed by atoms with Crippen molar-refractivity contribution >= 4 is 30.6 Å². The van der Waals surface area contributed by atoms with Crippen LogP contribution < -0.4 is 0 Å². The van der Waals surface area contributed by atoms with Crippen LogP contribution in [0.15, 0.2) is 0 Å². The Morgan fingerprint density at radius 2 is 1.40 bits per heavy atom. The molecule has 0 saturated heterocycles. The Balaban J connectivity index is 0. The molecule has 5 heavy (non-hydrogen) atoms. The molecular formula is CH5O3Sb. The van der Waals surface area contributed by atoms with Crippen molar-refractivity contribution in [2.75, 3.05) is 0 Å². The SMILES string of the molecule is O=C(O)O.[SbH3]. The summed E-state index contributed by atoms with van der Waals surface area (Å²) >= 11 is 0. The number of carboxylic acid groups (broad SMARTS) is 2. The molecule has 0 unspecified atom stereocenters. The molecule has 0 aromatic heterocycles. The van der Waals surface area contributed by atoms with Crippen LogP contribution in [0.2, 0.25) is 0 Å². The molecule has 2 N–H and O–H groups in total. The van der Waals surface area contributed by atoms with Crippen molar-refractivity contribution in [2.24, 2.45) is 0 Å². The van der Waals surface area contributed by atoms with E-state index in [1.807, 2.05) is 0 Å². The Kier molecular flexibility index (Phi) is 7.29. The first-order valence-corrected chi connectivity index (χ1v) is 0.651. The van der Waals surface area contributed by atoms with Crippen LogP contribution in [0.5, 0.6) is 0 Å². The van der Waals surface area contributed by atoms with Gasteiger partial charge in [0.25, 0.3) is 0 Å². The third kappa shape index (κ3) is 2290. The van der Waals surface area contributed by atoms with Gasteiger partial charge in [-0.15, -0.1) is 0 Å². The Morgan fingerprint density at radius 1 is 1.40 bits per heavy atom. The van der Waals surface area contributed by atoms with E-state index in [-0.39, 0.29) is 24.4 Å². The molecular weight excluding hydrogens is 182 g/mol. The second-order valence-corrected chi connectivity index (χ2v) is 0.283. The molecule has 0 amide bonds. The van der Waals surface area contributed by atoms with E-state index >= 15 is 0 Å². The van der Waals surface area contributed by atoms with Crippen molar-refractivity contribution in [1.82, 2.24) is 0 Å². The molecule has 0 spiro atoms. The number of carbonyl (C=O) groups is 1. The predicted octanol–water partition coefficient (Wildman–Crippen LogP) is -0.962. The quantitative estimate of drug-likeness (QED) is 0.480. The third-order valence-electron chi connectivity index (χ3n) is 0. The zero-order valence-electron chi connectivity index (χ0n) is 2.51. The van der Waals surface area contributed by atoms with Crippen LogP contribution in [0.25, 0.3) is 0 Å². The Labute approximate surface area is 46.1 Å². The van der Waals surface area contributed by atoms with Gasteiger partial charge in [-0.1, -0.05) is 0 Å². The minimum atomic E-state index is -1.83. The summed E-state index contributed by atoms with van der Waals surface area (Å²) in [6, 6.07) is 0. The van der Waals surface area contributed by atoms with Crippen LogP contribution in [0.4, 0.5) is 4.79 Å². The van der Waals surface area contributed by atoms with Crippen molar-refractivity contribution in [1.29, 1.82) is 0 Å². The molecule has 0 radical (unpaired) electrons. The van der Waals surface area contributed by atoms with Gasteiger partial charge in [-0.2, -0.15) is 0 Å². The molecule has 3 nitrogen and oxygen atoms in total. The maximum atomic E-state index is 8.56. The maximum absolute atomic E-state index is 8.56. The molecule has 0 aliphatic carbocycles. The average Bonchev–Trinajstić information content (AvgIpc) is 0.811. The first-order chi connectivity index (χ1) is 1.73. The van der Waals surface area contributed by atoms with Gasteiger partial charge in [0.05, 0.1) is 0 Å². The van der Waals surface area contributed by atoms with Crippen LogP contribution in [0.1, 0.15) is 0 Å². The average molecular weight is 187 g/mol. The topological polar surface area (TPSA) is 57.5 Å². The summed E-state index contributed by atoms with van der Waals surface area (Å²) in [5, 5.41) is 13.9. The normalized spacial score (nSPS) is 4.80. The van der Waals surface area contributed by atoms with E-state index in [1.165, 1.54) is 0 Å². The summed E-state index contributed by atoms with van der Waals surface area (Å²) in [6.07, 6.45) is -1.83. The van der Waals surface area contributed by atoms with E-state index in [0.717, 1.165) is 0 Å². The van der Waals surface area contributed by atoms with Crippen LogP contribution in [-0.2, 0) is 0 Å². The molecule has 32 valence electrons. The summed E-state index contributed by atoms with van der Waals surface area (Å²) in [7, 11) is 0. The van der Waals surface area contributed by atoms with Gasteiger partial charge in [0.15, 0.2) is 0 Å². The Hall–Kier alpha value is 0.0882. The van der Waals surface area contributed by atoms with Gasteiger partial charge >= 0.3 is 30.6 Å². The van der Waals surface area contributed by atoms with Crippen molar-refractivity contribution in [3.63, 3.8) is 0 Å². The van der Waals surface area contributed by atoms with E-state index in [4.69, 9.17) is 15.0 Å². The third-order valence-corrected chi connectivity index (χ3v) is 0. The fourth-order valence-corrected chi connectivity index (χ4v) is 0. The second kappa shape index (κ2) is 4.09. The van der Waals surface area contributed by atoms with Crippen LogP contribution in [0.3, 0.4) is 0 Å². The Bertz CT molecular complexity index is 29.9.